The van der Waals surface area contributed by atoms with Crippen LogP contribution in [-0.4, -0.2) is 30.6 Å². The first-order valence-corrected chi connectivity index (χ1v) is 3.03. The summed E-state index contributed by atoms with van der Waals surface area (Å²) in [5.41, 5.74) is 0. The molecule has 0 aliphatic carbocycles. The summed E-state index contributed by atoms with van der Waals surface area (Å²) >= 11 is 0. The van der Waals surface area contributed by atoms with Crippen LogP contribution in [0.1, 0.15) is 13.8 Å². The summed E-state index contributed by atoms with van der Waals surface area (Å²) in [7, 11) is 1.65. The molecule has 0 aliphatic rings. The molecular weight excluding hydrogens is 116 g/mol. The molecule has 0 rings (SSSR count). The van der Waals surface area contributed by atoms with Crippen molar-refractivity contribution >= 4 is 5.84 Å². The molecule has 54 valence electrons. The Labute approximate surface area is 55.8 Å². The molecule has 3 nitrogen and oxygen atoms in total. The van der Waals surface area contributed by atoms with Crippen LogP contribution in [0, 0.1) is 0 Å². The number of nitrogens with one attached hydrogen (secondary N) is 1. The lowest BCUT2D eigenvalue weighted by Crippen LogP contribution is -2.32. The quantitative estimate of drug-likeness (QED) is 0.408. The van der Waals surface area contributed by atoms with E-state index in [1.165, 1.54) is 0 Å². The van der Waals surface area contributed by atoms with E-state index < -0.39 is 0 Å². The summed E-state index contributed by atoms with van der Waals surface area (Å²) in [4.78, 5) is 3.80. The van der Waals surface area contributed by atoms with Gasteiger partial charge in [0.25, 0.3) is 0 Å². The third kappa shape index (κ3) is 3.97. The molecule has 0 aliphatic heterocycles. The Bertz CT molecular complexity index is 99.2. The van der Waals surface area contributed by atoms with E-state index in [1.54, 1.807) is 7.05 Å². The van der Waals surface area contributed by atoms with Gasteiger partial charge in [0, 0.05) is 13.1 Å². The number of amidine groups is 1. The fourth-order valence-electron chi connectivity index (χ4n) is 0.514. The molecule has 2 N–H and O–H groups in total. The van der Waals surface area contributed by atoms with Crippen molar-refractivity contribution in [3.8, 4) is 0 Å². The Kier molecular flexibility index (Phi) is 4.05. The molecule has 0 bridgehead atoms. The van der Waals surface area contributed by atoms with Gasteiger partial charge < -0.3 is 10.4 Å². The van der Waals surface area contributed by atoms with E-state index in [1.807, 2.05) is 13.8 Å². The normalized spacial score (nSPS) is 12.3. The smallest absolute Gasteiger partial charge is 0.122 e. The first-order chi connectivity index (χ1) is 4.20. The number of aliphatic hydroxyl groups excluding tert-OH is 1. The molecule has 0 aromatic rings. The minimum Gasteiger partial charge on any atom is -0.388 e. The van der Waals surface area contributed by atoms with Crippen LogP contribution in [0.2, 0.25) is 0 Å². The van der Waals surface area contributed by atoms with Crippen LogP contribution in [0.3, 0.4) is 0 Å². The molecule has 0 heterocycles. The highest BCUT2D eigenvalue weighted by molar-refractivity contribution is 5.83. The molecule has 0 saturated carbocycles. The predicted octanol–water partition coefficient (Wildman–Crippen LogP) is 0.00500. The molecule has 0 spiro atoms. The number of aliphatic hydroxyl groups is 1. The number of aliphatic imine (C=N–C) groups is 1. The molecule has 0 aromatic carbocycles. The monoisotopic (exact) mass is 130 g/mol. The average Bonchev–Trinajstić information content (AvgIpc) is 1.82. The van der Waals surface area contributed by atoms with Crippen molar-refractivity contribution in [2.75, 3.05) is 13.7 Å². The van der Waals surface area contributed by atoms with Gasteiger partial charge in [-0.3, -0.25) is 4.99 Å². The largest absolute Gasteiger partial charge is 0.388 e. The van der Waals surface area contributed by atoms with E-state index in [0.717, 1.165) is 0 Å². The maximum atomic E-state index is 8.58. The van der Waals surface area contributed by atoms with Crippen molar-refractivity contribution in [2.45, 2.75) is 19.9 Å². The van der Waals surface area contributed by atoms with Gasteiger partial charge in [-0.15, -0.1) is 0 Å². The van der Waals surface area contributed by atoms with E-state index in [4.69, 9.17) is 5.11 Å². The molecule has 0 fully saturated rings. The van der Waals surface area contributed by atoms with Crippen molar-refractivity contribution in [1.82, 2.24) is 5.32 Å². The minimum absolute atomic E-state index is 0.00528. The molecule has 0 radical (unpaired) electrons. The van der Waals surface area contributed by atoms with Crippen molar-refractivity contribution in [2.24, 2.45) is 4.99 Å². The van der Waals surface area contributed by atoms with Crippen LogP contribution in [0.15, 0.2) is 4.99 Å². The van der Waals surface area contributed by atoms with Gasteiger partial charge >= 0.3 is 0 Å². The first-order valence-electron chi connectivity index (χ1n) is 3.03. The van der Waals surface area contributed by atoms with E-state index >= 15 is 0 Å². The van der Waals surface area contributed by atoms with Gasteiger partial charge in [-0.2, -0.15) is 0 Å². The third-order valence-electron chi connectivity index (χ3n) is 0.875. The summed E-state index contributed by atoms with van der Waals surface area (Å²) in [5.74, 6) is 0.644. The molecular formula is C6H14N2O. The van der Waals surface area contributed by atoms with Gasteiger partial charge in [-0.05, 0) is 13.8 Å². The Balaban J connectivity index is 3.58. The highest BCUT2D eigenvalue weighted by atomic mass is 16.3. The van der Waals surface area contributed by atoms with Gasteiger partial charge in [0.2, 0.25) is 0 Å². The van der Waals surface area contributed by atoms with Crippen LogP contribution >= 0.6 is 0 Å². The molecule has 9 heavy (non-hydrogen) atoms. The van der Waals surface area contributed by atoms with Crippen molar-refractivity contribution in [3.05, 3.63) is 0 Å². The summed E-state index contributed by atoms with van der Waals surface area (Å²) in [6.07, 6.45) is 0. The van der Waals surface area contributed by atoms with Crippen LogP contribution in [-0.2, 0) is 0 Å². The summed E-state index contributed by atoms with van der Waals surface area (Å²) in [5, 5.41) is 11.6. The summed E-state index contributed by atoms with van der Waals surface area (Å²) in [6, 6.07) is 0.343. The predicted molar refractivity (Wildman–Crippen MR) is 38.7 cm³/mol. The highest BCUT2D eigenvalue weighted by Crippen LogP contribution is 1.77. The van der Waals surface area contributed by atoms with Crippen molar-refractivity contribution in [3.63, 3.8) is 0 Å². The number of hydrogen-bond donors (Lipinski definition) is 2. The third-order valence-corrected chi connectivity index (χ3v) is 0.875. The van der Waals surface area contributed by atoms with E-state index in [-0.39, 0.29) is 6.61 Å². The average molecular weight is 130 g/mol. The molecule has 0 amide bonds. The number of hydrogen-bond acceptors (Lipinski definition) is 2. The summed E-state index contributed by atoms with van der Waals surface area (Å²) in [6.45, 7) is 4.00. The maximum Gasteiger partial charge on any atom is 0.122 e. The SMILES string of the molecule is CN=C(CO)NC(C)C. The second-order valence-corrected chi connectivity index (χ2v) is 2.13. The van der Waals surface area contributed by atoms with E-state index in [2.05, 4.69) is 10.3 Å². The minimum atomic E-state index is -0.00528. The maximum absolute atomic E-state index is 8.58. The zero-order valence-electron chi connectivity index (χ0n) is 6.18. The highest BCUT2D eigenvalue weighted by Gasteiger charge is 1.95. The Morgan fingerprint density at radius 2 is 2.22 bits per heavy atom. The van der Waals surface area contributed by atoms with Crippen LogP contribution < -0.4 is 5.32 Å². The van der Waals surface area contributed by atoms with Crippen LogP contribution in [0.4, 0.5) is 0 Å². The van der Waals surface area contributed by atoms with Crippen LogP contribution in [0.25, 0.3) is 0 Å². The van der Waals surface area contributed by atoms with Gasteiger partial charge in [0.1, 0.15) is 12.4 Å². The zero-order chi connectivity index (χ0) is 7.28. The molecule has 0 unspecified atom stereocenters. The fourth-order valence-corrected chi connectivity index (χ4v) is 0.514. The molecule has 0 saturated heterocycles. The molecule has 0 atom stereocenters. The van der Waals surface area contributed by atoms with E-state index in [9.17, 15) is 0 Å². The second kappa shape index (κ2) is 4.32. The zero-order valence-corrected chi connectivity index (χ0v) is 6.18. The number of rotatable bonds is 2. The Morgan fingerprint density at radius 1 is 1.67 bits per heavy atom. The molecule has 0 aromatic heterocycles. The van der Waals surface area contributed by atoms with E-state index in [0.29, 0.717) is 11.9 Å². The standard InChI is InChI=1S/C6H14N2O/c1-5(2)8-6(4-9)7-3/h5,9H,4H2,1-3H3,(H,7,8). The molecule has 3 heteroatoms. The van der Waals surface area contributed by atoms with Gasteiger partial charge in [0.15, 0.2) is 0 Å². The fraction of sp³-hybridized carbons (Fsp3) is 0.833. The van der Waals surface area contributed by atoms with Crippen molar-refractivity contribution in [1.29, 1.82) is 0 Å². The number of nitrogens with zero attached hydrogens (tertiary/aromatic N) is 1. The topological polar surface area (TPSA) is 44.6 Å². The van der Waals surface area contributed by atoms with Gasteiger partial charge in [-0.25, -0.2) is 0 Å². The second-order valence-electron chi connectivity index (χ2n) is 2.13. The first kappa shape index (κ1) is 8.43. The lowest BCUT2D eigenvalue weighted by molar-refractivity contribution is 0.351. The lowest BCUT2D eigenvalue weighted by atomic mass is 10.4. The van der Waals surface area contributed by atoms with Gasteiger partial charge in [-0.1, -0.05) is 0 Å². The Hall–Kier alpha value is -0.570. The Morgan fingerprint density at radius 3 is 2.33 bits per heavy atom. The van der Waals surface area contributed by atoms with Crippen LogP contribution in [0.5, 0.6) is 0 Å². The van der Waals surface area contributed by atoms with Gasteiger partial charge in [0.05, 0.1) is 0 Å². The van der Waals surface area contributed by atoms with Crippen molar-refractivity contribution < 1.29 is 5.11 Å². The lowest BCUT2D eigenvalue weighted by Gasteiger charge is -2.08. The summed E-state index contributed by atoms with van der Waals surface area (Å²) < 4.78 is 0.